The fraction of sp³-hybridized carbons (Fsp3) is 0.364. The Morgan fingerprint density at radius 2 is 2.24 bits per heavy atom. The average Bonchev–Trinajstić information content (AvgIpc) is 2.84. The van der Waals surface area contributed by atoms with Gasteiger partial charge in [-0.05, 0) is 13.3 Å². The molecule has 0 amide bonds. The van der Waals surface area contributed by atoms with Gasteiger partial charge < -0.3 is 5.32 Å². The van der Waals surface area contributed by atoms with Gasteiger partial charge in [0.1, 0.15) is 0 Å². The van der Waals surface area contributed by atoms with Crippen LogP contribution in [0.2, 0.25) is 0 Å². The van der Waals surface area contributed by atoms with E-state index in [0.29, 0.717) is 23.1 Å². The largest absolute Gasteiger partial charge is 0.368 e. The van der Waals surface area contributed by atoms with E-state index in [1.54, 1.807) is 13.1 Å². The van der Waals surface area contributed by atoms with E-state index in [-0.39, 0.29) is 5.82 Å². The number of thiazole rings is 1. The number of rotatable bonds is 4. The molecule has 0 unspecified atom stereocenters. The first-order valence-corrected chi connectivity index (χ1v) is 6.28. The molecule has 0 radical (unpaired) electrons. The molecule has 2 rings (SSSR count). The molecule has 0 aliphatic heterocycles. The van der Waals surface area contributed by atoms with Crippen LogP contribution in [0.5, 0.6) is 0 Å². The predicted molar refractivity (Wildman–Crippen MR) is 66.6 cm³/mol. The first-order chi connectivity index (χ1) is 8.22. The molecule has 0 atom stereocenters. The maximum Gasteiger partial charge on any atom is 0.191 e. The summed E-state index contributed by atoms with van der Waals surface area (Å²) in [6, 6.07) is 0. The van der Waals surface area contributed by atoms with Crippen molar-refractivity contribution in [2.75, 3.05) is 11.9 Å². The topological polar surface area (TPSA) is 50.7 Å². The van der Waals surface area contributed by atoms with Crippen LogP contribution < -0.4 is 5.32 Å². The van der Waals surface area contributed by atoms with Crippen LogP contribution in [0, 0.1) is 12.7 Å². The van der Waals surface area contributed by atoms with Gasteiger partial charge in [0.15, 0.2) is 22.5 Å². The molecule has 0 fully saturated rings. The van der Waals surface area contributed by atoms with Gasteiger partial charge in [-0.3, -0.25) is 0 Å². The van der Waals surface area contributed by atoms with Crippen LogP contribution in [-0.2, 0) is 0 Å². The molecule has 1 N–H and O–H groups in total. The Morgan fingerprint density at radius 1 is 1.41 bits per heavy atom. The van der Waals surface area contributed by atoms with Gasteiger partial charge in [-0.15, -0.1) is 11.3 Å². The molecule has 0 saturated carbocycles. The highest BCUT2D eigenvalue weighted by Gasteiger charge is 2.13. The number of hydrogen-bond donors (Lipinski definition) is 1. The lowest BCUT2D eigenvalue weighted by Crippen LogP contribution is -2.08. The summed E-state index contributed by atoms with van der Waals surface area (Å²) in [5.74, 6) is 0.334. The van der Waals surface area contributed by atoms with Crippen molar-refractivity contribution in [3.8, 4) is 10.8 Å². The zero-order valence-corrected chi connectivity index (χ0v) is 10.5. The fourth-order valence-corrected chi connectivity index (χ4v) is 1.92. The lowest BCUT2D eigenvalue weighted by Gasteiger charge is -2.08. The quantitative estimate of drug-likeness (QED) is 0.909. The molecule has 2 aromatic heterocycles. The second-order valence-electron chi connectivity index (χ2n) is 3.56. The van der Waals surface area contributed by atoms with E-state index in [9.17, 15) is 4.39 Å². The number of nitrogens with one attached hydrogen (secondary N) is 1. The Balaban J connectivity index is 2.39. The predicted octanol–water partition coefficient (Wildman–Crippen LogP) is 2.87. The van der Waals surface area contributed by atoms with Crippen molar-refractivity contribution in [3.63, 3.8) is 0 Å². The molecular formula is C11H13FN4S. The first-order valence-electron chi connectivity index (χ1n) is 5.40. The van der Waals surface area contributed by atoms with E-state index in [2.05, 4.69) is 20.3 Å². The van der Waals surface area contributed by atoms with Crippen molar-refractivity contribution in [3.05, 3.63) is 23.1 Å². The van der Waals surface area contributed by atoms with Gasteiger partial charge >= 0.3 is 0 Å². The van der Waals surface area contributed by atoms with Crippen LogP contribution in [0.25, 0.3) is 10.8 Å². The minimum Gasteiger partial charge on any atom is -0.368 e. The summed E-state index contributed by atoms with van der Waals surface area (Å²) in [5, 5.41) is 5.50. The monoisotopic (exact) mass is 252 g/mol. The van der Waals surface area contributed by atoms with Crippen molar-refractivity contribution in [2.45, 2.75) is 20.3 Å². The summed E-state index contributed by atoms with van der Waals surface area (Å²) >= 11 is 1.44. The minimum atomic E-state index is -0.390. The molecule has 2 aromatic rings. The Labute approximate surface area is 103 Å². The molecule has 90 valence electrons. The van der Waals surface area contributed by atoms with Crippen molar-refractivity contribution in [1.82, 2.24) is 15.0 Å². The normalized spacial score (nSPS) is 10.5. The SMILES string of the molecule is CCCNc1nc(-c2nccs2)nc(C)c1F. The Morgan fingerprint density at radius 3 is 2.88 bits per heavy atom. The maximum absolute atomic E-state index is 13.7. The molecule has 6 heteroatoms. The molecule has 0 saturated heterocycles. The fourth-order valence-electron chi connectivity index (χ4n) is 1.35. The number of aromatic nitrogens is 3. The third-order valence-corrected chi connectivity index (χ3v) is 2.95. The molecule has 0 spiro atoms. The molecule has 4 nitrogen and oxygen atoms in total. The summed E-state index contributed by atoms with van der Waals surface area (Å²) in [6.07, 6.45) is 2.59. The number of hydrogen-bond acceptors (Lipinski definition) is 5. The Kier molecular flexibility index (Phi) is 3.63. The molecule has 2 heterocycles. The summed E-state index contributed by atoms with van der Waals surface area (Å²) in [7, 11) is 0. The number of anilines is 1. The van der Waals surface area contributed by atoms with Crippen molar-refractivity contribution in [1.29, 1.82) is 0 Å². The molecule has 0 bridgehead atoms. The maximum atomic E-state index is 13.7. The highest BCUT2D eigenvalue weighted by atomic mass is 32.1. The van der Waals surface area contributed by atoms with Crippen molar-refractivity contribution < 1.29 is 4.39 Å². The standard InChI is InChI=1S/C11H13FN4S/c1-3-4-13-9-8(12)7(2)15-10(16-9)11-14-5-6-17-11/h5-6H,3-4H2,1-2H3,(H,13,15,16). The third-order valence-electron chi connectivity index (χ3n) is 2.18. The number of aryl methyl sites for hydroxylation is 1. The summed E-state index contributed by atoms with van der Waals surface area (Å²) in [6.45, 7) is 4.33. The highest BCUT2D eigenvalue weighted by Crippen LogP contribution is 2.22. The zero-order valence-electron chi connectivity index (χ0n) is 9.70. The summed E-state index contributed by atoms with van der Waals surface area (Å²) in [5.41, 5.74) is 0.337. The smallest absolute Gasteiger partial charge is 0.191 e. The zero-order chi connectivity index (χ0) is 12.3. The van der Waals surface area contributed by atoms with E-state index >= 15 is 0 Å². The molecule has 17 heavy (non-hydrogen) atoms. The second-order valence-corrected chi connectivity index (χ2v) is 4.45. The lowest BCUT2D eigenvalue weighted by molar-refractivity contribution is 0.605. The average molecular weight is 252 g/mol. The second kappa shape index (κ2) is 5.18. The van der Waals surface area contributed by atoms with E-state index in [1.807, 2.05) is 12.3 Å². The molecule has 0 aliphatic rings. The summed E-state index contributed by atoms with van der Waals surface area (Å²) in [4.78, 5) is 12.4. The number of halogens is 1. The molecule has 0 aliphatic carbocycles. The van der Waals surface area contributed by atoms with Crippen LogP contribution in [0.15, 0.2) is 11.6 Å². The van der Waals surface area contributed by atoms with Gasteiger partial charge in [-0.1, -0.05) is 6.92 Å². The van der Waals surface area contributed by atoms with Crippen LogP contribution in [0.3, 0.4) is 0 Å². The van der Waals surface area contributed by atoms with Gasteiger partial charge in [-0.2, -0.15) is 0 Å². The van der Waals surface area contributed by atoms with Crippen LogP contribution in [-0.4, -0.2) is 21.5 Å². The van der Waals surface area contributed by atoms with E-state index in [4.69, 9.17) is 0 Å². The lowest BCUT2D eigenvalue weighted by atomic mass is 10.3. The van der Waals surface area contributed by atoms with Gasteiger partial charge in [0.2, 0.25) is 0 Å². The van der Waals surface area contributed by atoms with Gasteiger partial charge in [-0.25, -0.2) is 19.3 Å². The van der Waals surface area contributed by atoms with Crippen LogP contribution in [0.4, 0.5) is 10.2 Å². The number of nitrogens with zero attached hydrogens (tertiary/aromatic N) is 3. The first kappa shape index (κ1) is 11.9. The third kappa shape index (κ3) is 2.58. The highest BCUT2D eigenvalue weighted by molar-refractivity contribution is 7.13. The van der Waals surface area contributed by atoms with Crippen molar-refractivity contribution in [2.24, 2.45) is 0 Å². The molecule has 0 aromatic carbocycles. The molecular weight excluding hydrogens is 239 g/mol. The van der Waals surface area contributed by atoms with Crippen LogP contribution >= 0.6 is 11.3 Å². The van der Waals surface area contributed by atoms with E-state index in [1.165, 1.54) is 11.3 Å². The van der Waals surface area contributed by atoms with E-state index < -0.39 is 5.82 Å². The van der Waals surface area contributed by atoms with Gasteiger partial charge in [0, 0.05) is 18.1 Å². The minimum absolute atomic E-state index is 0.254. The summed E-state index contributed by atoms with van der Waals surface area (Å²) < 4.78 is 13.7. The van der Waals surface area contributed by atoms with Gasteiger partial charge in [0.05, 0.1) is 5.69 Å². The Hall–Kier alpha value is -1.56. The van der Waals surface area contributed by atoms with Crippen molar-refractivity contribution >= 4 is 17.2 Å². The Bertz CT molecular complexity index is 498. The van der Waals surface area contributed by atoms with Crippen LogP contribution in [0.1, 0.15) is 19.0 Å². The van der Waals surface area contributed by atoms with Gasteiger partial charge in [0.25, 0.3) is 0 Å². The van der Waals surface area contributed by atoms with E-state index in [0.717, 1.165) is 6.42 Å².